The molecule has 4 rings (SSSR count). The molecule has 0 unspecified atom stereocenters. The molecule has 0 atom stereocenters. The number of hydrogen-bond donors (Lipinski definition) is 0. The monoisotopic (exact) mass is 440 g/mol. The third-order valence-electron chi connectivity index (χ3n) is 5.75. The number of piperazine rings is 1. The predicted octanol–water partition coefficient (Wildman–Crippen LogP) is 2.44. The van der Waals surface area contributed by atoms with Crippen LogP contribution in [0.15, 0.2) is 40.6 Å². The van der Waals surface area contributed by atoms with Crippen molar-refractivity contribution in [1.29, 1.82) is 0 Å². The molecule has 1 fully saturated rings. The fourth-order valence-electron chi connectivity index (χ4n) is 3.97. The number of hydrogen-bond acceptors (Lipinski definition) is 7. The van der Waals surface area contributed by atoms with E-state index in [1.54, 1.807) is 10.8 Å². The molecular formula is C22H28N6O2S. The maximum absolute atomic E-state index is 13.1. The SMILES string of the molecule is CCN(CC)c1nc2ccsc2c(=O)n1CCC(=O)N1CCN(c2ccccn2)CC1. The van der Waals surface area contributed by atoms with Gasteiger partial charge in [-0.25, -0.2) is 9.97 Å². The number of carbonyl (C=O) groups is 1. The molecule has 0 saturated carbocycles. The summed E-state index contributed by atoms with van der Waals surface area (Å²) in [7, 11) is 0. The van der Waals surface area contributed by atoms with Crippen LogP contribution in [-0.2, 0) is 11.3 Å². The van der Waals surface area contributed by atoms with Gasteiger partial charge in [0.1, 0.15) is 10.5 Å². The molecule has 1 aliphatic heterocycles. The van der Waals surface area contributed by atoms with Crippen LogP contribution in [0.2, 0.25) is 0 Å². The molecule has 3 aromatic heterocycles. The summed E-state index contributed by atoms with van der Waals surface area (Å²) < 4.78 is 2.32. The zero-order valence-corrected chi connectivity index (χ0v) is 18.8. The Morgan fingerprint density at radius 3 is 2.58 bits per heavy atom. The van der Waals surface area contributed by atoms with Crippen LogP contribution in [-0.4, -0.2) is 64.6 Å². The molecule has 3 aromatic rings. The van der Waals surface area contributed by atoms with Crippen molar-refractivity contribution in [3.05, 3.63) is 46.2 Å². The molecule has 1 saturated heterocycles. The summed E-state index contributed by atoms with van der Waals surface area (Å²) in [5.41, 5.74) is 0.666. The van der Waals surface area contributed by atoms with Gasteiger partial charge in [-0.2, -0.15) is 0 Å². The maximum atomic E-state index is 13.1. The van der Waals surface area contributed by atoms with E-state index in [1.165, 1.54) is 11.3 Å². The van der Waals surface area contributed by atoms with Gasteiger partial charge in [0.05, 0.1) is 5.52 Å². The van der Waals surface area contributed by atoms with Gasteiger partial charge in [0, 0.05) is 58.4 Å². The highest BCUT2D eigenvalue weighted by atomic mass is 32.1. The molecule has 1 aliphatic rings. The topological polar surface area (TPSA) is 74.6 Å². The summed E-state index contributed by atoms with van der Waals surface area (Å²) in [6.07, 6.45) is 2.08. The second-order valence-electron chi connectivity index (χ2n) is 7.48. The van der Waals surface area contributed by atoms with E-state index in [1.807, 2.05) is 48.4 Å². The predicted molar refractivity (Wildman–Crippen MR) is 125 cm³/mol. The van der Waals surface area contributed by atoms with Crippen molar-refractivity contribution >= 4 is 39.2 Å². The maximum Gasteiger partial charge on any atom is 0.272 e. The highest BCUT2D eigenvalue weighted by Crippen LogP contribution is 2.20. The Bertz CT molecular complexity index is 1080. The first-order valence-electron chi connectivity index (χ1n) is 10.8. The Morgan fingerprint density at radius 1 is 1.13 bits per heavy atom. The molecule has 4 heterocycles. The van der Waals surface area contributed by atoms with E-state index in [-0.39, 0.29) is 17.9 Å². The van der Waals surface area contributed by atoms with Gasteiger partial charge >= 0.3 is 0 Å². The quantitative estimate of drug-likeness (QED) is 0.562. The number of carbonyl (C=O) groups excluding carboxylic acids is 1. The van der Waals surface area contributed by atoms with Gasteiger partial charge in [-0.05, 0) is 37.4 Å². The molecule has 0 radical (unpaired) electrons. The summed E-state index contributed by atoms with van der Waals surface area (Å²) in [5, 5.41) is 1.89. The van der Waals surface area contributed by atoms with Crippen molar-refractivity contribution in [2.75, 3.05) is 49.1 Å². The van der Waals surface area contributed by atoms with E-state index in [0.717, 1.165) is 37.5 Å². The molecule has 1 amide bonds. The molecule has 164 valence electrons. The number of rotatable bonds is 7. The van der Waals surface area contributed by atoms with Crippen LogP contribution in [0.1, 0.15) is 20.3 Å². The van der Waals surface area contributed by atoms with Crippen molar-refractivity contribution in [2.45, 2.75) is 26.8 Å². The van der Waals surface area contributed by atoms with Crippen molar-refractivity contribution in [2.24, 2.45) is 0 Å². The van der Waals surface area contributed by atoms with Gasteiger partial charge in [-0.3, -0.25) is 14.2 Å². The molecule has 0 spiro atoms. The van der Waals surface area contributed by atoms with Gasteiger partial charge in [-0.15, -0.1) is 11.3 Å². The Labute approximate surface area is 185 Å². The second kappa shape index (κ2) is 9.47. The largest absolute Gasteiger partial charge is 0.353 e. The number of aromatic nitrogens is 3. The summed E-state index contributed by atoms with van der Waals surface area (Å²) in [6, 6.07) is 7.75. The zero-order chi connectivity index (χ0) is 21.8. The van der Waals surface area contributed by atoms with E-state index in [2.05, 4.69) is 14.8 Å². The lowest BCUT2D eigenvalue weighted by Gasteiger charge is -2.35. The number of fused-ring (bicyclic) bond motifs is 1. The molecule has 31 heavy (non-hydrogen) atoms. The highest BCUT2D eigenvalue weighted by Gasteiger charge is 2.23. The third kappa shape index (κ3) is 4.41. The fraction of sp³-hybridized carbons (Fsp3) is 0.455. The highest BCUT2D eigenvalue weighted by molar-refractivity contribution is 7.17. The smallest absolute Gasteiger partial charge is 0.272 e. The summed E-state index contributed by atoms with van der Waals surface area (Å²) in [6.45, 7) is 8.78. The first kappa shape index (κ1) is 21.3. The summed E-state index contributed by atoms with van der Waals surface area (Å²) >= 11 is 1.40. The average molecular weight is 441 g/mol. The lowest BCUT2D eigenvalue weighted by molar-refractivity contribution is -0.131. The number of nitrogens with zero attached hydrogens (tertiary/aromatic N) is 6. The second-order valence-corrected chi connectivity index (χ2v) is 8.40. The normalized spacial score (nSPS) is 14.3. The number of anilines is 2. The van der Waals surface area contributed by atoms with Gasteiger partial charge in [0.2, 0.25) is 11.9 Å². The van der Waals surface area contributed by atoms with Crippen molar-refractivity contribution in [3.8, 4) is 0 Å². The minimum absolute atomic E-state index is 0.0605. The Hall–Kier alpha value is -2.94. The standard InChI is InChI=1S/C22H28N6O2S/c1-3-25(4-2)22-24-17-9-16-31-20(17)21(30)28(22)11-8-19(29)27-14-12-26(13-15-27)18-7-5-6-10-23-18/h5-7,9-10,16H,3-4,8,11-15H2,1-2H3. The van der Waals surface area contributed by atoms with Gasteiger partial charge in [-0.1, -0.05) is 6.07 Å². The van der Waals surface area contributed by atoms with E-state index in [4.69, 9.17) is 4.98 Å². The minimum Gasteiger partial charge on any atom is -0.353 e. The van der Waals surface area contributed by atoms with E-state index in [9.17, 15) is 9.59 Å². The minimum atomic E-state index is -0.0605. The first-order valence-corrected chi connectivity index (χ1v) is 11.7. The van der Waals surface area contributed by atoms with Crippen LogP contribution >= 0.6 is 11.3 Å². The lowest BCUT2D eigenvalue weighted by Crippen LogP contribution is -2.49. The fourth-order valence-corrected chi connectivity index (χ4v) is 4.75. The van der Waals surface area contributed by atoms with E-state index in [0.29, 0.717) is 30.3 Å². The van der Waals surface area contributed by atoms with Gasteiger partial charge in [0.15, 0.2) is 0 Å². The van der Waals surface area contributed by atoms with Crippen LogP contribution in [0, 0.1) is 0 Å². The molecule has 9 heteroatoms. The molecular weight excluding hydrogens is 412 g/mol. The Kier molecular flexibility index (Phi) is 6.50. The Balaban J connectivity index is 1.45. The van der Waals surface area contributed by atoms with Crippen LogP contribution in [0.25, 0.3) is 10.2 Å². The molecule has 0 N–H and O–H groups in total. The van der Waals surface area contributed by atoms with Crippen molar-refractivity contribution < 1.29 is 4.79 Å². The lowest BCUT2D eigenvalue weighted by atomic mass is 10.2. The van der Waals surface area contributed by atoms with E-state index >= 15 is 0 Å². The number of thiophene rings is 1. The number of pyridine rings is 1. The summed E-state index contributed by atoms with van der Waals surface area (Å²) in [4.78, 5) is 41.3. The average Bonchev–Trinajstić information content (AvgIpc) is 3.29. The van der Waals surface area contributed by atoms with Crippen LogP contribution in [0.5, 0.6) is 0 Å². The molecule has 0 bridgehead atoms. The molecule has 0 aliphatic carbocycles. The van der Waals surface area contributed by atoms with Crippen molar-refractivity contribution in [1.82, 2.24) is 19.4 Å². The van der Waals surface area contributed by atoms with E-state index < -0.39 is 0 Å². The van der Waals surface area contributed by atoms with Crippen molar-refractivity contribution in [3.63, 3.8) is 0 Å². The summed E-state index contributed by atoms with van der Waals surface area (Å²) in [5.74, 6) is 1.67. The zero-order valence-electron chi connectivity index (χ0n) is 18.0. The first-order chi connectivity index (χ1) is 15.1. The van der Waals surface area contributed by atoms with Crippen LogP contribution in [0.3, 0.4) is 0 Å². The number of amides is 1. The Morgan fingerprint density at radius 2 is 1.90 bits per heavy atom. The van der Waals surface area contributed by atoms with Gasteiger partial charge in [0.25, 0.3) is 5.56 Å². The molecule has 0 aromatic carbocycles. The third-order valence-corrected chi connectivity index (χ3v) is 6.64. The molecule has 8 nitrogen and oxygen atoms in total. The van der Waals surface area contributed by atoms with Crippen LogP contribution in [0.4, 0.5) is 11.8 Å². The van der Waals surface area contributed by atoms with Crippen LogP contribution < -0.4 is 15.4 Å². The van der Waals surface area contributed by atoms with Gasteiger partial charge < -0.3 is 14.7 Å².